The van der Waals surface area contributed by atoms with E-state index in [0.29, 0.717) is 6.42 Å². The molecule has 1 N–H and O–H groups in total. The van der Waals surface area contributed by atoms with Crippen molar-refractivity contribution in [2.45, 2.75) is 51.2 Å². The fraction of sp³-hybridized carbons (Fsp3) is 0.600. The smallest absolute Gasteiger partial charge is 0.314 e. The Morgan fingerprint density at radius 1 is 1.11 bits per heavy atom. The molecule has 0 spiro atoms. The van der Waals surface area contributed by atoms with Gasteiger partial charge in [0.2, 0.25) is 0 Å². The van der Waals surface area contributed by atoms with Crippen LogP contribution < -0.4 is 5.32 Å². The lowest BCUT2D eigenvalue weighted by atomic mass is 10.0. The number of benzene rings is 1. The number of rotatable bonds is 8. The Morgan fingerprint density at radius 2 is 1.79 bits per heavy atom. The highest BCUT2D eigenvalue weighted by Crippen LogP contribution is 2.23. The molecule has 4 heteroatoms. The Balaban J connectivity index is 2.32. The van der Waals surface area contributed by atoms with Crippen LogP contribution in [0.1, 0.15) is 38.2 Å². The van der Waals surface area contributed by atoms with Crippen molar-refractivity contribution in [1.82, 2.24) is 5.32 Å². The molecule has 0 fully saturated rings. The van der Waals surface area contributed by atoms with Crippen molar-refractivity contribution in [2.24, 2.45) is 0 Å². The summed E-state index contributed by atoms with van der Waals surface area (Å²) in [5.74, 6) is 0. The second-order valence-corrected chi connectivity index (χ2v) is 4.79. The van der Waals surface area contributed by atoms with Crippen molar-refractivity contribution >= 4 is 0 Å². The van der Waals surface area contributed by atoms with E-state index in [2.05, 4.69) is 17.4 Å². The van der Waals surface area contributed by atoms with Crippen LogP contribution in [0.2, 0.25) is 0 Å². The minimum atomic E-state index is -4.03. The number of hydrogen-bond donors (Lipinski definition) is 1. The minimum Gasteiger partial charge on any atom is -0.314 e. The van der Waals surface area contributed by atoms with Gasteiger partial charge in [0.15, 0.2) is 0 Å². The highest BCUT2D eigenvalue weighted by Gasteiger charge is 2.26. The molecule has 0 aliphatic heterocycles. The predicted octanol–water partition coefficient (Wildman–Crippen LogP) is 4.33. The molecule has 1 aromatic rings. The van der Waals surface area contributed by atoms with E-state index >= 15 is 0 Å². The van der Waals surface area contributed by atoms with Crippen molar-refractivity contribution in [3.05, 3.63) is 35.9 Å². The summed E-state index contributed by atoms with van der Waals surface area (Å²) in [5.41, 5.74) is 1.24. The van der Waals surface area contributed by atoms with Crippen LogP contribution in [0.5, 0.6) is 0 Å². The van der Waals surface area contributed by atoms with E-state index < -0.39 is 12.6 Å². The van der Waals surface area contributed by atoms with E-state index in [1.165, 1.54) is 5.56 Å². The fourth-order valence-electron chi connectivity index (χ4n) is 2.17. The molecule has 0 bridgehead atoms. The highest BCUT2D eigenvalue weighted by atomic mass is 19.4. The second-order valence-electron chi connectivity index (χ2n) is 4.79. The lowest BCUT2D eigenvalue weighted by molar-refractivity contribution is -0.135. The zero-order valence-corrected chi connectivity index (χ0v) is 11.3. The van der Waals surface area contributed by atoms with Crippen molar-refractivity contribution < 1.29 is 13.2 Å². The number of aryl methyl sites for hydroxylation is 1. The number of hydrogen-bond acceptors (Lipinski definition) is 1. The van der Waals surface area contributed by atoms with E-state index in [1.54, 1.807) is 0 Å². The Kier molecular flexibility index (Phi) is 6.92. The maximum atomic E-state index is 12.1. The molecule has 0 aromatic heterocycles. The summed E-state index contributed by atoms with van der Waals surface area (Å²) >= 11 is 0. The van der Waals surface area contributed by atoms with Gasteiger partial charge in [-0.1, -0.05) is 37.3 Å². The van der Waals surface area contributed by atoms with E-state index in [9.17, 15) is 13.2 Å². The predicted molar refractivity (Wildman–Crippen MR) is 72.1 cm³/mol. The van der Waals surface area contributed by atoms with Gasteiger partial charge in [-0.25, -0.2) is 0 Å². The van der Waals surface area contributed by atoms with Crippen LogP contribution in [0.3, 0.4) is 0 Å². The molecule has 1 aromatic carbocycles. The molecule has 19 heavy (non-hydrogen) atoms. The molecule has 0 heterocycles. The van der Waals surface area contributed by atoms with Crippen LogP contribution in [-0.2, 0) is 6.42 Å². The summed E-state index contributed by atoms with van der Waals surface area (Å²) in [4.78, 5) is 0. The van der Waals surface area contributed by atoms with Gasteiger partial charge in [0.25, 0.3) is 0 Å². The highest BCUT2D eigenvalue weighted by molar-refractivity contribution is 5.14. The van der Waals surface area contributed by atoms with Crippen molar-refractivity contribution in [1.29, 1.82) is 0 Å². The van der Waals surface area contributed by atoms with E-state index in [4.69, 9.17) is 0 Å². The van der Waals surface area contributed by atoms with Crippen LogP contribution in [0.25, 0.3) is 0 Å². The van der Waals surface area contributed by atoms with Crippen molar-refractivity contribution in [3.8, 4) is 0 Å². The third kappa shape index (κ3) is 7.88. The summed E-state index contributed by atoms with van der Waals surface area (Å²) in [6, 6.07) is 10.2. The molecule has 0 amide bonds. The Labute approximate surface area is 113 Å². The molecular weight excluding hydrogens is 251 g/mol. The molecule has 0 saturated heterocycles. The van der Waals surface area contributed by atoms with Gasteiger partial charge in [0, 0.05) is 12.5 Å². The Morgan fingerprint density at radius 3 is 2.37 bits per heavy atom. The van der Waals surface area contributed by atoms with Crippen LogP contribution in [0, 0.1) is 0 Å². The topological polar surface area (TPSA) is 12.0 Å². The number of halogens is 3. The zero-order valence-electron chi connectivity index (χ0n) is 11.3. The van der Waals surface area contributed by atoms with E-state index in [1.807, 2.05) is 25.1 Å². The monoisotopic (exact) mass is 273 g/mol. The number of nitrogens with one attached hydrogen (secondary N) is 1. The van der Waals surface area contributed by atoms with Gasteiger partial charge in [-0.15, -0.1) is 0 Å². The molecule has 1 atom stereocenters. The average molecular weight is 273 g/mol. The van der Waals surface area contributed by atoms with Gasteiger partial charge < -0.3 is 5.32 Å². The first kappa shape index (κ1) is 16.0. The Bertz CT molecular complexity index is 335. The first-order chi connectivity index (χ1) is 9.01. The quantitative estimate of drug-likeness (QED) is 0.743. The summed E-state index contributed by atoms with van der Waals surface area (Å²) < 4.78 is 36.4. The standard InChI is InChI=1S/C15H22F3N/c1-2-19-14(9-6-12-15(16,17)18)11-10-13-7-4-3-5-8-13/h3-5,7-8,14,19H,2,6,9-12H2,1H3. The lowest BCUT2D eigenvalue weighted by Crippen LogP contribution is -2.29. The molecule has 1 unspecified atom stereocenters. The molecule has 0 radical (unpaired) electrons. The number of alkyl halides is 3. The van der Waals surface area contributed by atoms with Gasteiger partial charge in [0.1, 0.15) is 0 Å². The van der Waals surface area contributed by atoms with E-state index in [-0.39, 0.29) is 12.5 Å². The third-order valence-corrected chi connectivity index (χ3v) is 3.13. The first-order valence-corrected chi connectivity index (χ1v) is 6.85. The molecule has 1 nitrogen and oxygen atoms in total. The maximum Gasteiger partial charge on any atom is 0.389 e. The summed E-state index contributed by atoms with van der Waals surface area (Å²) in [6.07, 6.45) is -2.13. The third-order valence-electron chi connectivity index (χ3n) is 3.13. The molecule has 0 saturated carbocycles. The van der Waals surface area contributed by atoms with Crippen LogP contribution in [-0.4, -0.2) is 18.8 Å². The lowest BCUT2D eigenvalue weighted by Gasteiger charge is -2.18. The second kappa shape index (κ2) is 8.20. The SMILES string of the molecule is CCNC(CCCC(F)(F)F)CCc1ccccc1. The molecular formula is C15H22F3N. The minimum absolute atomic E-state index is 0.174. The van der Waals surface area contributed by atoms with E-state index in [0.717, 1.165) is 19.4 Å². The van der Waals surface area contributed by atoms with Gasteiger partial charge in [-0.3, -0.25) is 0 Å². The molecule has 0 aliphatic carbocycles. The fourth-order valence-corrected chi connectivity index (χ4v) is 2.17. The van der Waals surface area contributed by atoms with Crippen molar-refractivity contribution in [3.63, 3.8) is 0 Å². The normalized spacial score (nSPS) is 13.5. The van der Waals surface area contributed by atoms with Gasteiger partial charge >= 0.3 is 6.18 Å². The van der Waals surface area contributed by atoms with Crippen LogP contribution in [0.15, 0.2) is 30.3 Å². The molecule has 0 aliphatic rings. The largest absolute Gasteiger partial charge is 0.389 e. The molecule has 108 valence electrons. The van der Waals surface area contributed by atoms with Gasteiger partial charge in [-0.2, -0.15) is 13.2 Å². The van der Waals surface area contributed by atoms with Crippen LogP contribution in [0.4, 0.5) is 13.2 Å². The average Bonchev–Trinajstić information content (AvgIpc) is 2.36. The maximum absolute atomic E-state index is 12.1. The van der Waals surface area contributed by atoms with Gasteiger partial charge in [-0.05, 0) is 37.8 Å². The zero-order chi connectivity index (χ0) is 14.1. The summed E-state index contributed by atoms with van der Waals surface area (Å²) in [7, 11) is 0. The Hall–Kier alpha value is -1.03. The van der Waals surface area contributed by atoms with Crippen molar-refractivity contribution in [2.75, 3.05) is 6.54 Å². The first-order valence-electron chi connectivity index (χ1n) is 6.85. The summed E-state index contributed by atoms with van der Waals surface area (Å²) in [6.45, 7) is 2.78. The molecule has 1 rings (SSSR count). The van der Waals surface area contributed by atoms with Crippen LogP contribution >= 0.6 is 0 Å². The van der Waals surface area contributed by atoms with Gasteiger partial charge in [0.05, 0.1) is 0 Å². The summed E-state index contributed by atoms with van der Waals surface area (Å²) in [5, 5.41) is 3.27.